The Bertz CT molecular complexity index is 520. The SMILES string of the molecule is CCC[SiH2]CCCN(C)c1ccc(S(=O)(=O)C(F)F)cc1. The Morgan fingerprint density at radius 2 is 1.81 bits per heavy atom. The van der Waals surface area contributed by atoms with Crippen LogP contribution in [0.3, 0.4) is 0 Å². The molecule has 0 saturated heterocycles. The maximum Gasteiger partial charge on any atom is 0.341 e. The van der Waals surface area contributed by atoms with Crippen molar-refractivity contribution in [1.82, 2.24) is 0 Å². The summed E-state index contributed by atoms with van der Waals surface area (Å²) in [5, 5.41) is 0. The second-order valence-corrected chi connectivity index (χ2v) is 9.17. The van der Waals surface area contributed by atoms with Crippen molar-refractivity contribution in [2.45, 2.75) is 42.5 Å². The monoisotopic (exact) mass is 335 g/mol. The van der Waals surface area contributed by atoms with Crippen molar-refractivity contribution < 1.29 is 17.2 Å². The number of rotatable bonds is 9. The second-order valence-electron chi connectivity index (χ2n) is 5.14. The highest BCUT2D eigenvalue weighted by Gasteiger charge is 2.26. The van der Waals surface area contributed by atoms with Crippen LogP contribution in [0.15, 0.2) is 29.2 Å². The molecule has 0 spiro atoms. The van der Waals surface area contributed by atoms with Gasteiger partial charge in [-0.2, -0.15) is 8.78 Å². The summed E-state index contributed by atoms with van der Waals surface area (Å²) in [4.78, 5) is 1.70. The number of halogens is 2. The molecule has 0 atom stereocenters. The highest BCUT2D eigenvalue weighted by atomic mass is 32.2. The van der Waals surface area contributed by atoms with Crippen LogP contribution in [0.5, 0.6) is 0 Å². The summed E-state index contributed by atoms with van der Waals surface area (Å²) in [6.45, 7) is 3.10. The summed E-state index contributed by atoms with van der Waals surface area (Å²) in [5.74, 6) is -3.37. The molecule has 0 amide bonds. The van der Waals surface area contributed by atoms with Gasteiger partial charge in [0.2, 0.25) is 9.84 Å². The molecule has 1 aromatic rings. The van der Waals surface area contributed by atoms with Gasteiger partial charge in [0, 0.05) is 28.8 Å². The van der Waals surface area contributed by atoms with Crippen molar-refractivity contribution in [2.75, 3.05) is 18.5 Å². The average Bonchev–Trinajstić information content (AvgIpc) is 2.46. The number of nitrogens with zero attached hydrogens (tertiary/aromatic N) is 1. The summed E-state index contributed by atoms with van der Waals surface area (Å²) < 4.78 is 47.5. The van der Waals surface area contributed by atoms with E-state index in [2.05, 4.69) is 6.92 Å². The lowest BCUT2D eigenvalue weighted by Gasteiger charge is -2.19. The summed E-state index contributed by atoms with van der Waals surface area (Å²) in [6.07, 6.45) is 2.39. The lowest BCUT2D eigenvalue weighted by atomic mass is 10.3. The normalized spacial score (nSPS) is 12.4. The Morgan fingerprint density at radius 3 is 2.33 bits per heavy atom. The number of hydrogen-bond donors (Lipinski definition) is 0. The van der Waals surface area contributed by atoms with E-state index in [0.29, 0.717) is 0 Å². The van der Waals surface area contributed by atoms with Crippen molar-refractivity contribution in [3.8, 4) is 0 Å². The molecule has 21 heavy (non-hydrogen) atoms. The Morgan fingerprint density at radius 1 is 1.19 bits per heavy atom. The Kier molecular flexibility index (Phi) is 7.31. The average molecular weight is 335 g/mol. The van der Waals surface area contributed by atoms with E-state index in [1.807, 2.05) is 11.9 Å². The van der Waals surface area contributed by atoms with Crippen LogP contribution in [0.2, 0.25) is 12.1 Å². The summed E-state index contributed by atoms with van der Waals surface area (Å²) in [5.41, 5.74) is 0.848. The van der Waals surface area contributed by atoms with Crippen LogP contribution >= 0.6 is 0 Å². The third kappa shape index (κ3) is 5.39. The Hall–Kier alpha value is -0.953. The molecule has 0 aliphatic carbocycles. The van der Waals surface area contributed by atoms with Crippen LogP contribution in [0.25, 0.3) is 0 Å². The molecule has 0 bridgehead atoms. The van der Waals surface area contributed by atoms with Crippen LogP contribution in [0, 0.1) is 0 Å². The fourth-order valence-electron chi connectivity index (χ4n) is 2.07. The van der Waals surface area contributed by atoms with Gasteiger partial charge in [-0.25, -0.2) is 8.42 Å². The van der Waals surface area contributed by atoms with Gasteiger partial charge in [0.15, 0.2) is 0 Å². The number of hydrogen-bond acceptors (Lipinski definition) is 3. The van der Waals surface area contributed by atoms with Crippen LogP contribution in [-0.4, -0.2) is 37.3 Å². The van der Waals surface area contributed by atoms with Gasteiger partial charge in [-0.05, 0) is 30.7 Å². The third-order valence-corrected chi connectivity index (χ3v) is 7.04. The molecular weight excluding hydrogens is 312 g/mol. The van der Waals surface area contributed by atoms with Crippen LogP contribution in [0.4, 0.5) is 14.5 Å². The first-order valence-electron chi connectivity index (χ1n) is 7.23. The first-order chi connectivity index (χ1) is 9.89. The Labute approximate surface area is 128 Å². The standard InChI is InChI=1S/C14H23F2NO2SSi/c1-3-10-21-11-4-9-17(2)12-5-7-13(8-6-12)20(18,19)14(15)16/h5-8,14H,3-4,9-11,21H2,1-2H3. The minimum absolute atomic E-state index is 0.0649. The minimum Gasteiger partial charge on any atom is -0.375 e. The Balaban J connectivity index is 2.58. The molecule has 0 unspecified atom stereocenters. The summed E-state index contributed by atoms with van der Waals surface area (Å²) >= 11 is 0. The molecule has 0 heterocycles. The van der Waals surface area contributed by atoms with E-state index in [-0.39, 0.29) is 14.4 Å². The van der Waals surface area contributed by atoms with E-state index in [4.69, 9.17) is 0 Å². The highest BCUT2D eigenvalue weighted by molar-refractivity contribution is 7.91. The molecule has 1 rings (SSSR count). The zero-order valence-electron chi connectivity index (χ0n) is 12.6. The smallest absolute Gasteiger partial charge is 0.341 e. The fraction of sp³-hybridized carbons (Fsp3) is 0.571. The number of sulfone groups is 1. The van der Waals surface area contributed by atoms with Crippen molar-refractivity contribution >= 4 is 25.0 Å². The van der Waals surface area contributed by atoms with E-state index < -0.39 is 15.6 Å². The maximum absolute atomic E-state index is 12.4. The van der Waals surface area contributed by atoms with Gasteiger partial charge in [-0.3, -0.25) is 0 Å². The fourth-order valence-corrected chi connectivity index (χ4v) is 4.23. The molecule has 0 radical (unpaired) electrons. The van der Waals surface area contributed by atoms with Gasteiger partial charge in [0.1, 0.15) is 0 Å². The van der Waals surface area contributed by atoms with Crippen molar-refractivity contribution in [3.63, 3.8) is 0 Å². The number of benzene rings is 1. The first kappa shape index (κ1) is 18.1. The maximum atomic E-state index is 12.4. The van der Waals surface area contributed by atoms with Gasteiger partial charge in [-0.1, -0.05) is 25.4 Å². The van der Waals surface area contributed by atoms with E-state index >= 15 is 0 Å². The third-order valence-electron chi connectivity index (χ3n) is 3.44. The summed E-state index contributed by atoms with van der Waals surface area (Å²) in [7, 11) is -2.50. The highest BCUT2D eigenvalue weighted by Crippen LogP contribution is 2.21. The topological polar surface area (TPSA) is 37.4 Å². The van der Waals surface area contributed by atoms with E-state index in [0.717, 1.165) is 18.7 Å². The molecule has 0 aliphatic rings. The van der Waals surface area contributed by atoms with Crippen molar-refractivity contribution in [2.24, 2.45) is 0 Å². The van der Waals surface area contributed by atoms with E-state index in [1.54, 1.807) is 12.1 Å². The summed E-state index contributed by atoms with van der Waals surface area (Å²) in [6, 6.07) is 8.34. The molecule has 3 nitrogen and oxygen atoms in total. The number of anilines is 1. The van der Waals surface area contributed by atoms with Gasteiger partial charge < -0.3 is 4.90 Å². The minimum atomic E-state index is -4.49. The van der Waals surface area contributed by atoms with Gasteiger partial charge in [0.05, 0.1) is 4.90 Å². The van der Waals surface area contributed by atoms with Gasteiger partial charge in [-0.15, -0.1) is 0 Å². The quantitative estimate of drug-likeness (QED) is 0.514. The lowest BCUT2D eigenvalue weighted by molar-refractivity contribution is 0.234. The van der Waals surface area contributed by atoms with E-state index in [9.17, 15) is 17.2 Å². The van der Waals surface area contributed by atoms with Gasteiger partial charge >= 0.3 is 5.76 Å². The zero-order chi connectivity index (χ0) is 15.9. The van der Waals surface area contributed by atoms with Crippen LogP contribution in [-0.2, 0) is 9.84 Å². The zero-order valence-corrected chi connectivity index (χ0v) is 14.8. The predicted molar refractivity (Wildman–Crippen MR) is 86.0 cm³/mol. The largest absolute Gasteiger partial charge is 0.375 e. The molecule has 1 aromatic carbocycles. The van der Waals surface area contributed by atoms with Crippen LogP contribution < -0.4 is 4.90 Å². The molecule has 0 N–H and O–H groups in total. The molecule has 0 saturated carbocycles. The first-order valence-corrected chi connectivity index (χ1v) is 10.8. The lowest BCUT2D eigenvalue weighted by Crippen LogP contribution is -2.19. The molecule has 0 aliphatic heterocycles. The molecule has 0 aromatic heterocycles. The molecule has 7 heteroatoms. The van der Waals surface area contributed by atoms with Crippen molar-refractivity contribution in [1.29, 1.82) is 0 Å². The van der Waals surface area contributed by atoms with E-state index in [1.165, 1.54) is 30.6 Å². The second kappa shape index (κ2) is 8.48. The van der Waals surface area contributed by atoms with Gasteiger partial charge in [0.25, 0.3) is 0 Å². The molecular formula is C14H23F2NO2SSi. The molecule has 120 valence electrons. The number of alkyl halides is 2. The van der Waals surface area contributed by atoms with Crippen molar-refractivity contribution in [3.05, 3.63) is 24.3 Å². The van der Waals surface area contributed by atoms with Crippen LogP contribution in [0.1, 0.15) is 19.8 Å². The molecule has 0 fully saturated rings. The predicted octanol–water partition coefficient (Wildman–Crippen LogP) is 2.92.